The molecular weight excluding hydrogens is 334 g/mol. The highest BCUT2D eigenvalue weighted by Crippen LogP contribution is 2.39. The van der Waals surface area contributed by atoms with Crippen molar-refractivity contribution < 1.29 is 23.8 Å². The molecule has 0 bridgehead atoms. The fourth-order valence-corrected chi connectivity index (χ4v) is 3.18. The molecule has 1 fully saturated rings. The summed E-state index contributed by atoms with van der Waals surface area (Å²) in [4.78, 5) is 26.6. The third-order valence-corrected chi connectivity index (χ3v) is 4.54. The van der Waals surface area contributed by atoms with Crippen LogP contribution in [0.5, 0.6) is 0 Å². The Morgan fingerprint density at radius 1 is 1.27 bits per heavy atom. The number of rotatable bonds is 5. The van der Waals surface area contributed by atoms with Gasteiger partial charge in [-0.25, -0.2) is 0 Å². The number of amides is 1. The van der Waals surface area contributed by atoms with Gasteiger partial charge in [0.1, 0.15) is 17.6 Å². The van der Waals surface area contributed by atoms with Crippen LogP contribution in [0, 0.1) is 13.8 Å². The van der Waals surface area contributed by atoms with Crippen molar-refractivity contribution in [2.24, 2.45) is 0 Å². The van der Waals surface area contributed by atoms with Crippen LogP contribution in [0.3, 0.4) is 0 Å². The van der Waals surface area contributed by atoms with E-state index in [4.69, 9.17) is 9.15 Å². The maximum Gasteiger partial charge on any atom is 0.295 e. The standard InChI is InChI=1S/C20H21NO5/c1-12-6-7-13(2)14(11-12)18(22)16-17(15-5-4-9-26-15)21(8-10-25-3)20(24)19(16)23/h4-7,9,11,17,22H,8,10H2,1-3H3/b18-16-. The molecular formula is C20H21NO5. The zero-order valence-electron chi connectivity index (χ0n) is 15.0. The number of nitrogens with zero attached hydrogens (tertiary/aromatic N) is 1. The summed E-state index contributed by atoms with van der Waals surface area (Å²) < 4.78 is 10.5. The Morgan fingerprint density at radius 3 is 2.69 bits per heavy atom. The van der Waals surface area contributed by atoms with Gasteiger partial charge in [0, 0.05) is 19.2 Å². The number of likely N-dealkylation sites (tertiary alicyclic amines) is 1. The Hall–Kier alpha value is -2.86. The van der Waals surface area contributed by atoms with Crippen molar-refractivity contribution in [3.8, 4) is 0 Å². The van der Waals surface area contributed by atoms with Crippen LogP contribution in [0.15, 0.2) is 46.6 Å². The fraction of sp³-hybridized carbons (Fsp3) is 0.300. The summed E-state index contributed by atoms with van der Waals surface area (Å²) >= 11 is 0. The predicted molar refractivity (Wildman–Crippen MR) is 95.5 cm³/mol. The van der Waals surface area contributed by atoms with Crippen molar-refractivity contribution in [3.63, 3.8) is 0 Å². The summed E-state index contributed by atoms with van der Waals surface area (Å²) in [5.41, 5.74) is 2.33. The molecule has 1 saturated heterocycles. The molecule has 0 spiro atoms. The van der Waals surface area contributed by atoms with Gasteiger partial charge in [0.2, 0.25) is 0 Å². The molecule has 2 heterocycles. The first kappa shape index (κ1) is 17.9. The van der Waals surface area contributed by atoms with Crippen LogP contribution < -0.4 is 0 Å². The Kier molecular flexibility index (Phi) is 4.95. The number of benzene rings is 1. The number of ketones is 1. The summed E-state index contributed by atoms with van der Waals surface area (Å²) in [6, 6.07) is 8.18. The second-order valence-corrected chi connectivity index (χ2v) is 6.32. The highest BCUT2D eigenvalue weighted by molar-refractivity contribution is 6.46. The number of Topliss-reactive ketones (excluding diaryl/α,β-unsaturated/α-hetero) is 1. The van der Waals surface area contributed by atoms with E-state index >= 15 is 0 Å². The monoisotopic (exact) mass is 355 g/mol. The van der Waals surface area contributed by atoms with Gasteiger partial charge in [0.05, 0.1) is 18.4 Å². The third-order valence-electron chi connectivity index (χ3n) is 4.54. The topological polar surface area (TPSA) is 80.0 Å². The minimum absolute atomic E-state index is 0.0368. The van der Waals surface area contributed by atoms with Crippen molar-refractivity contribution >= 4 is 17.4 Å². The lowest BCUT2D eigenvalue weighted by Gasteiger charge is -2.23. The van der Waals surface area contributed by atoms with Crippen molar-refractivity contribution in [3.05, 3.63) is 64.6 Å². The molecule has 2 aromatic rings. The lowest BCUT2D eigenvalue weighted by atomic mass is 9.96. The molecule has 1 unspecified atom stereocenters. The Morgan fingerprint density at radius 2 is 2.04 bits per heavy atom. The van der Waals surface area contributed by atoms with Crippen molar-refractivity contribution in [2.75, 3.05) is 20.3 Å². The van der Waals surface area contributed by atoms with Crippen molar-refractivity contribution in [2.45, 2.75) is 19.9 Å². The predicted octanol–water partition coefficient (Wildman–Crippen LogP) is 2.96. The third kappa shape index (κ3) is 3.04. The number of carbonyl (C=O) groups is 2. The summed E-state index contributed by atoms with van der Waals surface area (Å²) in [5.74, 6) is -1.16. The van der Waals surface area contributed by atoms with Gasteiger partial charge in [0.15, 0.2) is 0 Å². The van der Waals surface area contributed by atoms with Gasteiger partial charge in [-0.1, -0.05) is 17.7 Å². The molecule has 1 aromatic heterocycles. The summed E-state index contributed by atoms with van der Waals surface area (Å²) in [7, 11) is 1.52. The molecule has 1 atom stereocenters. The van der Waals surface area contributed by atoms with Gasteiger partial charge in [-0.15, -0.1) is 0 Å². The number of methoxy groups -OCH3 is 1. The van der Waals surface area contributed by atoms with E-state index in [1.165, 1.54) is 18.3 Å². The van der Waals surface area contributed by atoms with E-state index in [1.807, 2.05) is 26.0 Å². The first-order chi connectivity index (χ1) is 12.5. The first-order valence-electron chi connectivity index (χ1n) is 8.34. The number of aryl methyl sites for hydroxylation is 2. The number of hydrogen-bond acceptors (Lipinski definition) is 5. The van der Waals surface area contributed by atoms with E-state index < -0.39 is 17.7 Å². The van der Waals surface area contributed by atoms with E-state index in [2.05, 4.69) is 0 Å². The van der Waals surface area contributed by atoms with Crippen LogP contribution in [0.4, 0.5) is 0 Å². The SMILES string of the molecule is COCCN1C(=O)C(=O)/C(=C(\O)c2cc(C)ccc2C)C1c1ccco1. The van der Waals surface area contributed by atoms with Crippen LogP contribution in [0.1, 0.15) is 28.5 Å². The second-order valence-electron chi connectivity index (χ2n) is 6.32. The van der Waals surface area contributed by atoms with Crippen LogP contribution in [-0.2, 0) is 14.3 Å². The first-order valence-corrected chi connectivity index (χ1v) is 8.34. The van der Waals surface area contributed by atoms with Crippen molar-refractivity contribution in [1.82, 2.24) is 4.90 Å². The molecule has 0 radical (unpaired) electrons. The maximum absolute atomic E-state index is 12.7. The molecule has 136 valence electrons. The van der Waals surface area contributed by atoms with Crippen LogP contribution in [-0.4, -0.2) is 42.0 Å². The average Bonchev–Trinajstić information content (AvgIpc) is 3.23. The lowest BCUT2D eigenvalue weighted by molar-refractivity contribution is -0.140. The average molecular weight is 355 g/mol. The molecule has 1 aliphatic heterocycles. The highest BCUT2D eigenvalue weighted by atomic mass is 16.5. The van der Waals surface area contributed by atoms with Gasteiger partial charge >= 0.3 is 0 Å². The van der Waals surface area contributed by atoms with Gasteiger partial charge in [-0.3, -0.25) is 9.59 Å². The minimum Gasteiger partial charge on any atom is -0.507 e. The summed E-state index contributed by atoms with van der Waals surface area (Å²) in [5, 5.41) is 10.9. The Labute approximate surface area is 151 Å². The number of furan rings is 1. The molecule has 6 nitrogen and oxygen atoms in total. The highest BCUT2D eigenvalue weighted by Gasteiger charge is 2.47. The summed E-state index contributed by atoms with van der Waals surface area (Å²) in [6.45, 7) is 4.23. The maximum atomic E-state index is 12.7. The molecule has 6 heteroatoms. The smallest absolute Gasteiger partial charge is 0.295 e. The van der Waals surface area contributed by atoms with Gasteiger partial charge < -0.3 is 19.2 Å². The molecule has 1 N–H and O–H groups in total. The van der Waals surface area contributed by atoms with Crippen LogP contribution >= 0.6 is 0 Å². The van der Waals surface area contributed by atoms with Gasteiger partial charge in [0.25, 0.3) is 11.7 Å². The number of aliphatic hydroxyl groups excluding tert-OH is 1. The van der Waals surface area contributed by atoms with E-state index in [0.29, 0.717) is 11.3 Å². The van der Waals surface area contributed by atoms with E-state index in [-0.39, 0.29) is 24.5 Å². The van der Waals surface area contributed by atoms with E-state index in [0.717, 1.165) is 11.1 Å². The van der Waals surface area contributed by atoms with Gasteiger partial charge in [-0.05, 0) is 37.6 Å². The largest absolute Gasteiger partial charge is 0.507 e. The molecule has 1 amide bonds. The fourth-order valence-electron chi connectivity index (χ4n) is 3.18. The lowest BCUT2D eigenvalue weighted by Crippen LogP contribution is -2.32. The number of ether oxygens (including phenoxy) is 1. The molecule has 3 rings (SSSR count). The Balaban J connectivity index is 2.17. The number of aliphatic hydroxyl groups is 1. The zero-order chi connectivity index (χ0) is 18.8. The molecule has 1 aromatic carbocycles. The minimum atomic E-state index is -0.778. The normalized spacial score (nSPS) is 19.3. The van der Waals surface area contributed by atoms with E-state index in [9.17, 15) is 14.7 Å². The van der Waals surface area contributed by atoms with Crippen LogP contribution in [0.2, 0.25) is 0 Å². The van der Waals surface area contributed by atoms with E-state index in [1.54, 1.807) is 18.2 Å². The zero-order valence-corrected chi connectivity index (χ0v) is 15.0. The summed E-state index contributed by atoms with van der Waals surface area (Å²) in [6.07, 6.45) is 1.48. The molecule has 26 heavy (non-hydrogen) atoms. The number of hydrogen-bond donors (Lipinski definition) is 1. The quantitative estimate of drug-likeness (QED) is 0.507. The van der Waals surface area contributed by atoms with Crippen molar-refractivity contribution in [1.29, 1.82) is 0 Å². The van der Waals surface area contributed by atoms with Crippen LogP contribution in [0.25, 0.3) is 5.76 Å². The Bertz CT molecular complexity index is 866. The molecule has 0 aliphatic carbocycles. The second kappa shape index (κ2) is 7.17. The molecule has 0 saturated carbocycles. The van der Waals surface area contributed by atoms with Gasteiger partial charge in [-0.2, -0.15) is 0 Å². The number of carbonyl (C=O) groups excluding carboxylic acids is 2. The molecule has 1 aliphatic rings.